The molecule has 176 valence electrons. The average molecular weight is 471 g/mol. The van der Waals surface area contributed by atoms with Gasteiger partial charge < -0.3 is 19.3 Å². The van der Waals surface area contributed by atoms with Crippen LogP contribution in [-0.4, -0.2) is 54.9 Å². The lowest BCUT2D eigenvalue weighted by atomic mass is 10.0. The van der Waals surface area contributed by atoms with Crippen LogP contribution in [0, 0.1) is 0 Å². The number of ether oxygens (including phenoxy) is 3. The summed E-state index contributed by atoms with van der Waals surface area (Å²) in [6.45, 7) is 2.87. The van der Waals surface area contributed by atoms with E-state index < -0.39 is 0 Å². The van der Waals surface area contributed by atoms with Gasteiger partial charge in [0.2, 0.25) is 5.88 Å². The zero-order valence-electron chi connectivity index (χ0n) is 19.0. The highest BCUT2D eigenvalue weighted by atomic mass is 32.1. The molecule has 3 aromatic rings. The number of rotatable bonds is 9. The van der Waals surface area contributed by atoms with E-state index in [-0.39, 0.29) is 12.6 Å². The van der Waals surface area contributed by atoms with Crippen LogP contribution in [-0.2, 0) is 22.6 Å². The van der Waals surface area contributed by atoms with E-state index in [1.165, 1.54) is 4.88 Å². The van der Waals surface area contributed by atoms with Crippen LogP contribution < -0.4 is 9.47 Å². The molecule has 7 nitrogen and oxygen atoms in total. The number of carboxylic acid groups (broad SMARTS) is 1. The number of aromatic nitrogens is 1. The van der Waals surface area contributed by atoms with Crippen molar-refractivity contribution in [3.05, 3.63) is 64.5 Å². The van der Waals surface area contributed by atoms with Gasteiger partial charge in [-0.1, -0.05) is 12.1 Å². The lowest BCUT2D eigenvalue weighted by Crippen LogP contribution is -2.19. The van der Waals surface area contributed by atoms with Crippen molar-refractivity contribution in [2.75, 3.05) is 27.4 Å². The van der Waals surface area contributed by atoms with E-state index in [2.05, 4.69) is 52.6 Å². The monoisotopic (exact) mass is 470 g/mol. The van der Waals surface area contributed by atoms with Gasteiger partial charge in [-0.05, 0) is 61.2 Å². The molecule has 0 radical (unpaired) electrons. The summed E-state index contributed by atoms with van der Waals surface area (Å²) in [5, 5.41) is 9.01. The Hall–Kier alpha value is -2.94. The Labute approximate surface area is 198 Å². The number of benzene rings is 1. The third-order valence-electron chi connectivity index (χ3n) is 5.23. The summed E-state index contributed by atoms with van der Waals surface area (Å²) in [6.07, 6.45) is 4.12. The molecule has 33 heavy (non-hydrogen) atoms. The number of nitrogens with zero attached hydrogens (tertiary/aromatic N) is 2. The van der Waals surface area contributed by atoms with Gasteiger partial charge >= 0.3 is 0 Å². The second-order valence-corrected chi connectivity index (χ2v) is 8.72. The fourth-order valence-electron chi connectivity index (χ4n) is 3.76. The molecular weight excluding hydrogens is 440 g/mol. The van der Waals surface area contributed by atoms with Crippen molar-refractivity contribution in [2.24, 2.45) is 0 Å². The molecule has 1 atom stereocenters. The fraction of sp³-hybridized carbons (Fsp3) is 0.360. The van der Waals surface area contributed by atoms with E-state index in [9.17, 15) is 0 Å². The molecule has 2 aromatic heterocycles. The van der Waals surface area contributed by atoms with Gasteiger partial charge in [-0.2, -0.15) is 0 Å². The highest BCUT2D eigenvalue weighted by molar-refractivity contribution is 7.09. The van der Waals surface area contributed by atoms with Crippen molar-refractivity contribution >= 4 is 17.8 Å². The Morgan fingerprint density at radius 2 is 2.12 bits per heavy atom. The van der Waals surface area contributed by atoms with E-state index in [0.29, 0.717) is 12.5 Å². The fourth-order valence-corrected chi connectivity index (χ4v) is 4.54. The number of thiophene rings is 1. The van der Waals surface area contributed by atoms with Crippen molar-refractivity contribution in [2.45, 2.75) is 32.0 Å². The lowest BCUT2D eigenvalue weighted by Gasteiger charge is -2.20. The Bertz CT molecular complexity index is 990. The van der Waals surface area contributed by atoms with Crippen molar-refractivity contribution in [1.82, 2.24) is 9.88 Å². The van der Waals surface area contributed by atoms with E-state index in [1.807, 2.05) is 12.1 Å². The first-order valence-corrected chi connectivity index (χ1v) is 11.7. The quantitative estimate of drug-likeness (QED) is 0.454. The number of methoxy groups -OCH3 is 1. The van der Waals surface area contributed by atoms with Crippen LogP contribution in [0.3, 0.4) is 0 Å². The standard InChI is InChI=1S/C24H28N2O3S.CH2O2/c1-26(16-21-7-5-13-30-21)15-19-14-18(22-8-3-11-25-24(22)27-2)9-10-23(19)29-17-20-6-4-12-28-20;2-1-3/h3,5,7-11,13-14,20H,4,6,12,15-17H2,1-2H3;1H,(H,2,3). The zero-order chi connectivity index (χ0) is 23.5. The minimum atomic E-state index is -0.250. The second kappa shape index (κ2) is 12.9. The smallest absolute Gasteiger partial charge is 0.290 e. The van der Waals surface area contributed by atoms with E-state index in [4.69, 9.17) is 24.1 Å². The summed E-state index contributed by atoms with van der Waals surface area (Å²) in [4.78, 5) is 16.4. The lowest BCUT2D eigenvalue weighted by molar-refractivity contribution is -0.122. The predicted octanol–water partition coefficient (Wildman–Crippen LogP) is 4.71. The van der Waals surface area contributed by atoms with Gasteiger partial charge in [-0.3, -0.25) is 9.69 Å². The van der Waals surface area contributed by atoms with Gasteiger partial charge in [0.1, 0.15) is 12.4 Å². The average Bonchev–Trinajstić information content (AvgIpc) is 3.53. The predicted molar refractivity (Wildman–Crippen MR) is 129 cm³/mol. The molecule has 1 fully saturated rings. The van der Waals surface area contributed by atoms with E-state index in [0.717, 1.165) is 55.0 Å². The van der Waals surface area contributed by atoms with Crippen LogP contribution in [0.5, 0.6) is 11.6 Å². The van der Waals surface area contributed by atoms with Crippen molar-refractivity contribution in [3.63, 3.8) is 0 Å². The second-order valence-electron chi connectivity index (χ2n) is 7.69. The molecule has 0 aliphatic carbocycles. The molecule has 1 aliphatic rings. The van der Waals surface area contributed by atoms with Gasteiger partial charge in [0.25, 0.3) is 6.47 Å². The number of hydrogen-bond acceptors (Lipinski definition) is 7. The molecule has 1 aromatic carbocycles. The maximum Gasteiger partial charge on any atom is 0.290 e. The molecule has 1 aliphatic heterocycles. The number of carbonyl (C=O) groups is 1. The van der Waals surface area contributed by atoms with Crippen molar-refractivity contribution in [1.29, 1.82) is 0 Å². The Balaban J connectivity index is 0.000000968. The summed E-state index contributed by atoms with van der Waals surface area (Å²) in [5.74, 6) is 1.54. The number of hydrogen-bond donors (Lipinski definition) is 1. The largest absolute Gasteiger partial charge is 0.491 e. The third-order valence-corrected chi connectivity index (χ3v) is 6.09. The molecule has 1 saturated heterocycles. The summed E-state index contributed by atoms with van der Waals surface area (Å²) in [6, 6.07) is 14.6. The van der Waals surface area contributed by atoms with Crippen molar-refractivity contribution < 1.29 is 24.1 Å². The maximum absolute atomic E-state index is 8.36. The third kappa shape index (κ3) is 7.28. The van der Waals surface area contributed by atoms with Gasteiger partial charge in [0.15, 0.2) is 0 Å². The molecule has 8 heteroatoms. The maximum atomic E-state index is 8.36. The molecule has 1 unspecified atom stereocenters. The van der Waals surface area contributed by atoms with Crippen LogP contribution in [0.15, 0.2) is 54.0 Å². The molecular formula is C25H30N2O5S. The van der Waals surface area contributed by atoms with Gasteiger partial charge in [-0.25, -0.2) is 4.98 Å². The molecule has 1 N–H and O–H groups in total. The van der Waals surface area contributed by atoms with Crippen LogP contribution >= 0.6 is 11.3 Å². The molecule has 0 bridgehead atoms. The van der Waals surface area contributed by atoms with Gasteiger partial charge in [0.05, 0.1) is 13.2 Å². The van der Waals surface area contributed by atoms with E-state index >= 15 is 0 Å². The first-order valence-electron chi connectivity index (χ1n) is 10.8. The van der Waals surface area contributed by atoms with Crippen molar-refractivity contribution in [3.8, 4) is 22.8 Å². The first kappa shape index (κ1) is 24.7. The van der Waals surface area contributed by atoms with Crippen LogP contribution in [0.25, 0.3) is 11.1 Å². The number of pyridine rings is 1. The summed E-state index contributed by atoms with van der Waals surface area (Å²) in [7, 11) is 3.79. The van der Waals surface area contributed by atoms with Crippen LogP contribution in [0.1, 0.15) is 23.3 Å². The minimum Gasteiger partial charge on any atom is -0.491 e. The Kier molecular flexibility index (Phi) is 9.68. The first-order chi connectivity index (χ1) is 16.1. The highest BCUT2D eigenvalue weighted by Crippen LogP contribution is 2.32. The minimum absolute atomic E-state index is 0.194. The SMILES string of the molecule is COc1ncccc1-c1ccc(OCC2CCCO2)c(CN(C)Cc2cccs2)c1.O=CO. The summed E-state index contributed by atoms with van der Waals surface area (Å²) in [5.41, 5.74) is 3.20. The Morgan fingerprint density at radius 1 is 1.27 bits per heavy atom. The highest BCUT2D eigenvalue weighted by Gasteiger charge is 2.18. The summed E-state index contributed by atoms with van der Waals surface area (Å²) >= 11 is 1.78. The normalized spacial score (nSPS) is 15.1. The van der Waals surface area contributed by atoms with Gasteiger partial charge in [-0.15, -0.1) is 11.3 Å². The summed E-state index contributed by atoms with van der Waals surface area (Å²) < 4.78 is 17.4. The molecule has 0 saturated carbocycles. The van der Waals surface area contributed by atoms with Crippen LogP contribution in [0.2, 0.25) is 0 Å². The topological polar surface area (TPSA) is 81.1 Å². The molecule has 4 rings (SSSR count). The molecule has 0 amide bonds. The van der Waals surface area contributed by atoms with Gasteiger partial charge in [0, 0.05) is 41.9 Å². The molecule has 3 heterocycles. The van der Waals surface area contributed by atoms with E-state index in [1.54, 1.807) is 24.6 Å². The zero-order valence-corrected chi connectivity index (χ0v) is 19.8. The Morgan fingerprint density at radius 3 is 2.82 bits per heavy atom. The molecule has 0 spiro atoms. The van der Waals surface area contributed by atoms with Crippen LogP contribution in [0.4, 0.5) is 0 Å².